The molecule has 1 unspecified atom stereocenters. The number of phenols is 1. The Labute approximate surface area is 249 Å². The Hall–Kier alpha value is -5.37. The molecule has 2 N–H and O–H groups in total. The molecule has 43 heavy (non-hydrogen) atoms. The van der Waals surface area contributed by atoms with Gasteiger partial charge in [-0.05, 0) is 92.1 Å². The van der Waals surface area contributed by atoms with Crippen molar-refractivity contribution in [2.45, 2.75) is 39.5 Å². The topological polar surface area (TPSA) is 113 Å². The lowest BCUT2D eigenvalue weighted by Crippen LogP contribution is -2.29. The van der Waals surface area contributed by atoms with Gasteiger partial charge < -0.3 is 19.7 Å². The molecule has 218 valence electrons. The molecule has 1 atom stereocenters. The minimum absolute atomic E-state index is 0.00966. The average Bonchev–Trinajstić information content (AvgIpc) is 3.26. The van der Waals surface area contributed by atoms with Crippen LogP contribution in [0.3, 0.4) is 0 Å². The fourth-order valence-electron chi connectivity index (χ4n) is 4.96. The molecule has 5 rings (SSSR count). The first-order chi connectivity index (χ1) is 20.6. The second kappa shape index (κ2) is 12.2. The minimum Gasteiger partial charge on any atom is -0.508 e. The second-order valence-corrected chi connectivity index (χ2v) is 10.5. The van der Waals surface area contributed by atoms with Gasteiger partial charge in [0.25, 0.3) is 11.7 Å². The van der Waals surface area contributed by atoms with Crippen molar-refractivity contribution < 1.29 is 34.1 Å². The number of aliphatic hydroxyl groups excluding tert-OH is 1. The maximum absolute atomic E-state index is 13.5. The van der Waals surface area contributed by atoms with Gasteiger partial charge in [0.05, 0.1) is 23.3 Å². The van der Waals surface area contributed by atoms with Crippen LogP contribution >= 0.6 is 0 Å². The van der Waals surface area contributed by atoms with Gasteiger partial charge in [0.1, 0.15) is 23.9 Å². The molecule has 1 saturated heterocycles. The highest BCUT2D eigenvalue weighted by atomic mass is 16.5. The number of benzene rings is 4. The Morgan fingerprint density at radius 1 is 0.884 bits per heavy atom. The van der Waals surface area contributed by atoms with Gasteiger partial charge in [0.2, 0.25) is 0 Å². The van der Waals surface area contributed by atoms with E-state index in [9.17, 15) is 24.6 Å². The van der Waals surface area contributed by atoms with E-state index in [1.807, 2.05) is 37.3 Å². The summed E-state index contributed by atoms with van der Waals surface area (Å²) in [6.45, 7) is 5.69. The fraction of sp³-hybridized carbons (Fsp3) is 0.171. The molecule has 4 aromatic rings. The lowest BCUT2D eigenvalue weighted by atomic mass is 9.94. The zero-order chi connectivity index (χ0) is 30.7. The maximum Gasteiger partial charge on any atom is 0.338 e. The first kappa shape index (κ1) is 29.1. The quantitative estimate of drug-likeness (QED) is 0.107. The number of rotatable bonds is 8. The number of carbonyl (C=O) groups is 3. The first-order valence-corrected chi connectivity index (χ1v) is 13.8. The Kier molecular flexibility index (Phi) is 8.29. The molecule has 0 aromatic heterocycles. The van der Waals surface area contributed by atoms with Gasteiger partial charge in [0.15, 0.2) is 0 Å². The second-order valence-electron chi connectivity index (χ2n) is 10.5. The summed E-state index contributed by atoms with van der Waals surface area (Å²) in [6.07, 6.45) is -0.298. The summed E-state index contributed by atoms with van der Waals surface area (Å²) in [5.74, 6) is -1.92. The fourth-order valence-corrected chi connectivity index (χ4v) is 4.96. The summed E-state index contributed by atoms with van der Waals surface area (Å²) in [4.78, 5) is 40.6. The van der Waals surface area contributed by atoms with Crippen LogP contribution < -0.4 is 9.64 Å². The molecule has 1 heterocycles. The van der Waals surface area contributed by atoms with Crippen molar-refractivity contribution in [3.8, 4) is 11.5 Å². The molecule has 0 saturated carbocycles. The van der Waals surface area contributed by atoms with Crippen LogP contribution in [0.2, 0.25) is 0 Å². The molecule has 1 fully saturated rings. The molecule has 0 aliphatic carbocycles. The van der Waals surface area contributed by atoms with Crippen molar-refractivity contribution in [1.82, 2.24) is 0 Å². The molecule has 0 radical (unpaired) electrons. The van der Waals surface area contributed by atoms with E-state index < -0.39 is 23.7 Å². The Morgan fingerprint density at radius 3 is 2.16 bits per heavy atom. The van der Waals surface area contributed by atoms with E-state index in [2.05, 4.69) is 0 Å². The number of ketones is 1. The number of phenolic OH excluding ortho intramolecular Hbond substituents is 1. The van der Waals surface area contributed by atoms with Gasteiger partial charge >= 0.3 is 5.97 Å². The van der Waals surface area contributed by atoms with Crippen molar-refractivity contribution in [3.63, 3.8) is 0 Å². The van der Waals surface area contributed by atoms with E-state index in [1.54, 1.807) is 56.3 Å². The smallest absolute Gasteiger partial charge is 0.338 e. The van der Waals surface area contributed by atoms with Gasteiger partial charge in [0, 0.05) is 11.3 Å². The standard InChI is InChI=1S/C35H31NO7/c1-21(2)43-35(41)25-9-14-27(15-10-25)36-31(24-11-16-28(37)17-12-24)30(33(39)34(36)40)32(38)26-13-18-29(22(3)19-26)42-20-23-7-5-4-6-8-23/h4-19,21,31,37-38H,20H2,1-3H3/b32-30-. The number of anilines is 1. The van der Waals surface area contributed by atoms with Gasteiger partial charge in [-0.1, -0.05) is 42.5 Å². The van der Waals surface area contributed by atoms with E-state index in [4.69, 9.17) is 9.47 Å². The number of amides is 1. The monoisotopic (exact) mass is 577 g/mol. The van der Waals surface area contributed by atoms with Crippen molar-refractivity contribution in [2.24, 2.45) is 0 Å². The van der Waals surface area contributed by atoms with Crippen LogP contribution in [0.4, 0.5) is 5.69 Å². The summed E-state index contributed by atoms with van der Waals surface area (Å²) >= 11 is 0. The van der Waals surface area contributed by atoms with Crippen molar-refractivity contribution in [3.05, 3.63) is 130 Å². The Morgan fingerprint density at radius 2 is 1.53 bits per heavy atom. The van der Waals surface area contributed by atoms with Crippen LogP contribution in [-0.4, -0.2) is 34.0 Å². The molecule has 0 spiro atoms. The number of Topliss-reactive ketones (excluding diaryl/α,β-unsaturated/α-hetero) is 1. The summed E-state index contributed by atoms with van der Waals surface area (Å²) in [5.41, 5.74) is 3.13. The third-order valence-corrected chi connectivity index (χ3v) is 7.06. The molecular formula is C35H31NO7. The highest BCUT2D eigenvalue weighted by Crippen LogP contribution is 2.43. The third kappa shape index (κ3) is 6.13. The van der Waals surface area contributed by atoms with Crippen LogP contribution in [0.5, 0.6) is 11.5 Å². The summed E-state index contributed by atoms with van der Waals surface area (Å²) < 4.78 is 11.2. The number of aromatic hydroxyl groups is 1. The normalized spacial score (nSPS) is 16.0. The number of aryl methyl sites for hydroxylation is 1. The molecule has 1 aliphatic rings. The van der Waals surface area contributed by atoms with Crippen LogP contribution in [0.25, 0.3) is 5.76 Å². The lowest BCUT2D eigenvalue weighted by molar-refractivity contribution is -0.132. The van der Waals surface area contributed by atoms with Crippen molar-refractivity contribution in [2.75, 3.05) is 4.90 Å². The molecule has 0 bridgehead atoms. The Balaban J connectivity index is 1.52. The first-order valence-electron chi connectivity index (χ1n) is 13.8. The number of esters is 1. The molecule has 8 nitrogen and oxygen atoms in total. The molecular weight excluding hydrogens is 546 g/mol. The van der Waals surface area contributed by atoms with E-state index in [-0.39, 0.29) is 23.2 Å². The van der Waals surface area contributed by atoms with Crippen molar-refractivity contribution in [1.29, 1.82) is 0 Å². The van der Waals surface area contributed by atoms with E-state index >= 15 is 0 Å². The highest BCUT2D eigenvalue weighted by molar-refractivity contribution is 6.51. The van der Waals surface area contributed by atoms with Gasteiger partial charge in [-0.15, -0.1) is 0 Å². The van der Waals surface area contributed by atoms with Gasteiger partial charge in [-0.3, -0.25) is 14.5 Å². The molecule has 1 aliphatic heterocycles. The number of hydrogen-bond acceptors (Lipinski definition) is 7. The number of nitrogens with zero attached hydrogens (tertiary/aromatic N) is 1. The van der Waals surface area contributed by atoms with Gasteiger partial charge in [-0.2, -0.15) is 0 Å². The predicted octanol–water partition coefficient (Wildman–Crippen LogP) is 6.47. The van der Waals surface area contributed by atoms with Crippen molar-refractivity contribution >= 4 is 29.1 Å². The zero-order valence-electron chi connectivity index (χ0n) is 24.0. The molecule has 1 amide bonds. The number of carbonyl (C=O) groups excluding carboxylic acids is 3. The number of aliphatic hydroxyl groups is 1. The molecule has 4 aromatic carbocycles. The Bertz CT molecular complexity index is 1690. The van der Waals surface area contributed by atoms with Crippen LogP contribution in [-0.2, 0) is 20.9 Å². The maximum atomic E-state index is 13.5. The van der Waals surface area contributed by atoms with E-state index in [1.165, 1.54) is 29.2 Å². The summed E-state index contributed by atoms with van der Waals surface area (Å²) in [6, 6.07) is 26.0. The predicted molar refractivity (Wildman–Crippen MR) is 162 cm³/mol. The van der Waals surface area contributed by atoms with Crippen LogP contribution in [0.1, 0.15) is 52.5 Å². The minimum atomic E-state index is -0.997. The number of ether oxygens (including phenoxy) is 2. The SMILES string of the molecule is Cc1cc(/C(O)=C2/C(=O)C(=O)N(c3ccc(C(=O)OC(C)C)cc3)C2c2ccc(O)cc2)ccc1OCc1ccccc1. The van der Waals surface area contributed by atoms with Crippen LogP contribution in [0.15, 0.2) is 103 Å². The summed E-state index contributed by atoms with van der Waals surface area (Å²) in [5, 5.41) is 21.4. The lowest BCUT2D eigenvalue weighted by Gasteiger charge is -2.25. The van der Waals surface area contributed by atoms with E-state index in [0.717, 1.165) is 11.1 Å². The average molecular weight is 578 g/mol. The highest BCUT2D eigenvalue weighted by Gasteiger charge is 2.47. The number of hydrogen-bond donors (Lipinski definition) is 2. The van der Waals surface area contributed by atoms with Gasteiger partial charge in [-0.25, -0.2) is 4.79 Å². The summed E-state index contributed by atoms with van der Waals surface area (Å²) in [7, 11) is 0. The largest absolute Gasteiger partial charge is 0.508 e. The van der Waals surface area contributed by atoms with Crippen LogP contribution in [0, 0.1) is 6.92 Å². The zero-order valence-corrected chi connectivity index (χ0v) is 24.0. The third-order valence-electron chi connectivity index (χ3n) is 7.06. The molecule has 8 heteroatoms. The van der Waals surface area contributed by atoms with E-state index in [0.29, 0.717) is 34.7 Å².